The molecule has 1 N–H and O–H groups in total. The van der Waals surface area contributed by atoms with Gasteiger partial charge in [-0.15, -0.1) is 0 Å². The van der Waals surface area contributed by atoms with E-state index in [-0.39, 0.29) is 12.2 Å². The molecule has 2 rings (SSSR count). The largest absolute Gasteiger partial charge is 0.392 e. The lowest BCUT2D eigenvalue weighted by Crippen LogP contribution is -2.16. The van der Waals surface area contributed by atoms with Crippen molar-refractivity contribution in [3.63, 3.8) is 0 Å². The van der Waals surface area contributed by atoms with Crippen LogP contribution in [0.4, 0.5) is 4.39 Å². The normalized spacial score (nSPS) is 12.4. The fraction of sp³-hybridized carbons (Fsp3) is 0.294. The maximum atomic E-state index is 13.7. The van der Waals surface area contributed by atoms with Gasteiger partial charge >= 0.3 is 0 Å². The van der Waals surface area contributed by atoms with Gasteiger partial charge in [0.1, 0.15) is 5.82 Å². The number of rotatable bonds is 4. The van der Waals surface area contributed by atoms with Gasteiger partial charge in [0.25, 0.3) is 0 Å². The molecule has 2 aromatic carbocycles. The molecule has 0 saturated carbocycles. The average Bonchev–Trinajstić information content (AvgIpc) is 2.39. The summed E-state index contributed by atoms with van der Waals surface area (Å²) in [6.45, 7) is 4.04. The second-order valence-corrected chi connectivity index (χ2v) is 5.54. The molecule has 1 atom stereocenters. The van der Waals surface area contributed by atoms with Crippen molar-refractivity contribution in [2.45, 2.75) is 32.8 Å². The van der Waals surface area contributed by atoms with E-state index < -0.39 is 6.10 Å². The van der Waals surface area contributed by atoms with E-state index in [4.69, 9.17) is 11.6 Å². The van der Waals surface area contributed by atoms with Crippen molar-refractivity contribution >= 4 is 11.6 Å². The lowest BCUT2D eigenvalue weighted by Gasteiger charge is -2.16. The molecule has 3 heteroatoms. The van der Waals surface area contributed by atoms with Crippen molar-refractivity contribution in [2.24, 2.45) is 0 Å². The first-order valence-corrected chi connectivity index (χ1v) is 7.03. The monoisotopic (exact) mass is 292 g/mol. The molecule has 2 aromatic rings. The number of aryl methyl sites for hydroxylation is 2. The summed E-state index contributed by atoms with van der Waals surface area (Å²) in [5.41, 5.74) is 3.78. The zero-order chi connectivity index (χ0) is 14.7. The fourth-order valence-electron chi connectivity index (χ4n) is 2.44. The van der Waals surface area contributed by atoms with Gasteiger partial charge in [0.05, 0.1) is 6.10 Å². The van der Waals surface area contributed by atoms with Gasteiger partial charge < -0.3 is 5.11 Å². The van der Waals surface area contributed by atoms with Crippen LogP contribution in [0, 0.1) is 19.7 Å². The van der Waals surface area contributed by atoms with Crippen LogP contribution in [0.25, 0.3) is 0 Å². The first-order chi connectivity index (χ1) is 9.49. The van der Waals surface area contributed by atoms with E-state index in [9.17, 15) is 9.50 Å². The first-order valence-electron chi connectivity index (χ1n) is 6.65. The third-order valence-corrected chi connectivity index (χ3v) is 3.94. The Balaban J connectivity index is 2.15. The quantitative estimate of drug-likeness (QED) is 0.893. The van der Waals surface area contributed by atoms with E-state index in [1.54, 1.807) is 12.1 Å². The number of halogens is 2. The molecule has 0 radical (unpaired) electrons. The Morgan fingerprint density at radius 1 is 1.00 bits per heavy atom. The van der Waals surface area contributed by atoms with Crippen LogP contribution in [0.3, 0.4) is 0 Å². The summed E-state index contributed by atoms with van der Waals surface area (Å²) >= 11 is 5.99. The van der Waals surface area contributed by atoms with E-state index in [1.807, 2.05) is 32.0 Å². The van der Waals surface area contributed by atoms with Crippen LogP contribution in [0.5, 0.6) is 0 Å². The molecule has 0 amide bonds. The zero-order valence-corrected chi connectivity index (χ0v) is 12.4. The molecular formula is C17H18ClFO. The van der Waals surface area contributed by atoms with E-state index in [2.05, 4.69) is 0 Å². The SMILES string of the molecule is Cc1cccc(C)c1CC(O)Cc1c(F)cccc1Cl. The molecule has 0 saturated heterocycles. The molecule has 0 heterocycles. The highest BCUT2D eigenvalue weighted by Gasteiger charge is 2.15. The molecule has 106 valence electrons. The van der Waals surface area contributed by atoms with E-state index in [0.717, 1.165) is 16.7 Å². The molecule has 0 aromatic heterocycles. The van der Waals surface area contributed by atoms with E-state index in [1.165, 1.54) is 6.07 Å². The van der Waals surface area contributed by atoms with Crippen molar-refractivity contribution in [1.29, 1.82) is 0 Å². The lowest BCUT2D eigenvalue weighted by molar-refractivity contribution is 0.174. The molecule has 1 nitrogen and oxygen atoms in total. The van der Waals surface area contributed by atoms with Gasteiger partial charge in [0, 0.05) is 17.0 Å². The van der Waals surface area contributed by atoms with Gasteiger partial charge in [-0.3, -0.25) is 0 Å². The summed E-state index contributed by atoms with van der Waals surface area (Å²) in [4.78, 5) is 0. The van der Waals surface area contributed by atoms with Crippen molar-refractivity contribution in [3.8, 4) is 0 Å². The lowest BCUT2D eigenvalue weighted by atomic mass is 9.95. The Morgan fingerprint density at radius 2 is 1.55 bits per heavy atom. The third kappa shape index (κ3) is 3.38. The van der Waals surface area contributed by atoms with Crippen LogP contribution in [0.15, 0.2) is 36.4 Å². The molecule has 1 unspecified atom stereocenters. The summed E-state index contributed by atoms with van der Waals surface area (Å²) in [6, 6.07) is 10.6. The second kappa shape index (κ2) is 6.38. The highest BCUT2D eigenvalue weighted by Crippen LogP contribution is 2.23. The number of aliphatic hydroxyl groups is 1. The van der Waals surface area contributed by atoms with Crippen molar-refractivity contribution in [3.05, 3.63) is 69.5 Å². The summed E-state index contributed by atoms with van der Waals surface area (Å²) in [5, 5.41) is 10.6. The predicted octanol–water partition coefficient (Wildman–Crippen LogP) is 4.24. The molecule has 20 heavy (non-hydrogen) atoms. The molecule has 0 aliphatic carbocycles. The molecule has 0 aliphatic heterocycles. The molecule has 0 aliphatic rings. The predicted molar refractivity (Wildman–Crippen MR) is 80.7 cm³/mol. The van der Waals surface area contributed by atoms with Crippen molar-refractivity contribution in [2.75, 3.05) is 0 Å². The molecular weight excluding hydrogens is 275 g/mol. The minimum atomic E-state index is -0.649. The van der Waals surface area contributed by atoms with E-state index in [0.29, 0.717) is 17.0 Å². The van der Waals surface area contributed by atoms with Gasteiger partial charge in [-0.2, -0.15) is 0 Å². The summed E-state index contributed by atoms with van der Waals surface area (Å²) in [5.74, 6) is -0.363. The smallest absolute Gasteiger partial charge is 0.127 e. The molecule has 0 fully saturated rings. The van der Waals surface area contributed by atoms with E-state index >= 15 is 0 Å². The average molecular weight is 293 g/mol. The highest BCUT2D eigenvalue weighted by molar-refractivity contribution is 6.31. The Kier molecular flexibility index (Phi) is 4.79. The summed E-state index contributed by atoms with van der Waals surface area (Å²) in [6.07, 6.45) is 0.0758. The van der Waals surface area contributed by atoms with Gasteiger partial charge in [-0.1, -0.05) is 35.9 Å². The maximum Gasteiger partial charge on any atom is 0.127 e. The van der Waals surface area contributed by atoms with Crippen LogP contribution in [-0.4, -0.2) is 11.2 Å². The standard InChI is InChI=1S/C17H18ClFO/c1-11-5-3-6-12(2)14(11)9-13(20)10-15-16(18)7-4-8-17(15)19/h3-8,13,20H,9-10H2,1-2H3. The van der Waals surface area contributed by atoms with Crippen LogP contribution in [0.2, 0.25) is 5.02 Å². The number of hydrogen-bond donors (Lipinski definition) is 1. The van der Waals surface area contributed by atoms with Crippen molar-refractivity contribution in [1.82, 2.24) is 0 Å². The topological polar surface area (TPSA) is 20.2 Å². The Morgan fingerprint density at radius 3 is 2.15 bits per heavy atom. The van der Waals surface area contributed by atoms with Crippen LogP contribution < -0.4 is 0 Å². The Hall–Kier alpha value is -1.38. The van der Waals surface area contributed by atoms with Gasteiger partial charge in [0.15, 0.2) is 0 Å². The molecule has 0 spiro atoms. The van der Waals surface area contributed by atoms with Crippen molar-refractivity contribution < 1.29 is 9.50 Å². The van der Waals surface area contributed by atoms with Gasteiger partial charge in [0.2, 0.25) is 0 Å². The molecule has 0 bridgehead atoms. The van der Waals surface area contributed by atoms with Crippen LogP contribution >= 0.6 is 11.6 Å². The minimum absolute atomic E-state index is 0.222. The van der Waals surface area contributed by atoms with Gasteiger partial charge in [-0.25, -0.2) is 4.39 Å². The number of aliphatic hydroxyl groups excluding tert-OH is 1. The highest BCUT2D eigenvalue weighted by atomic mass is 35.5. The minimum Gasteiger partial charge on any atom is -0.392 e. The third-order valence-electron chi connectivity index (χ3n) is 3.59. The number of benzene rings is 2. The first kappa shape index (κ1) is 15.0. The number of hydrogen-bond acceptors (Lipinski definition) is 1. The fourth-order valence-corrected chi connectivity index (χ4v) is 2.68. The maximum absolute atomic E-state index is 13.7. The Bertz CT molecular complexity index is 516. The summed E-state index contributed by atoms with van der Waals surface area (Å²) < 4.78 is 13.7. The van der Waals surface area contributed by atoms with Crippen LogP contribution in [0.1, 0.15) is 22.3 Å². The Labute approximate surface area is 124 Å². The zero-order valence-electron chi connectivity index (χ0n) is 11.7. The second-order valence-electron chi connectivity index (χ2n) is 5.13. The van der Waals surface area contributed by atoms with Crippen LogP contribution in [-0.2, 0) is 12.8 Å². The van der Waals surface area contributed by atoms with Gasteiger partial charge in [-0.05, 0) is 49.1 Å². The summed E-state index contributed by atoms with van der Waals surface area (Å²) in [7, 11) is 0.